The number of likely N-dealkylation sites (tertiary alicyclic amines) is 1. The van der Waals surface area contributed by atoms with Crippen LogP contribution in [0.2, 0.25) is 0 Å². The van der Waals surface area contributed by atoms with Crippen molar-refractivity contribution < 1.29 is 42.9 Å². The van der Waals surface area contributed by atoms with Crippen molar-refractivity contribution in [3.8, 4) is 22.4 Å². The lowest BCUT2D eigenvalue weighted by Gasteiger charge is -2.44. The fraction of sp³-hybridized carbons (Fsp3) is 0.581. The van der Waals surface area contributed by atoms with E-state index < -0.39 is 53.2 Å². The van der Waals surface area contributed by atoms with Gasteiger partial charge in [-0.2, -0.15) is 0 Å². The van der Waals surface area contributed by atoms with Gasteiger partial charge in [-0.15, -0.1) is 0 Å². The molecule has 4 aromatic rings. The van der Waals surface area contributed by atoms with Crippen molar-refractivity contribution in [3.63, 3.8) is 0 Å². The van der Waals surface area contributed by atoms with E-state index in [1.807, 2.05) is 46.0 Å². The van der Waals surface area contributed by atoms with Gasteiger partial charge >= 0.3 is 12.0 Å². The number of amides is 5. The third-order valence-electron chi connectivity index (χ3n) is 17.8. The highest BCUT2D eigenvalue weighted by atomic mass is 16.5. The van der Waals surface area contributed by atoms with Gasteiger partial charge in [-0.05, 0) is 105 Å². The number of carbonyl (C=O) groups is 5. The summed E-state index contributed by atoms with van der Waals surface area (Å²) in [5.41, 5.74) is 11.0. The molecule has 436 valence electrons. The number of hydrazine groups is 1. The van der Waals surface area contributed by atoms with E-state index in [9.17, 15) is 24.0 Å². The van der Waals surface area contributed by atoms with E-state index in [-0.39, 0.29) is 37.0 Å². The third kappa shape index (κ3) is 11.8. The molecule has 8 heterocycles. The summed E-state index contributed by atoms with van der Waals surface area (Å²) in [7, 11) is 3.36. The maximum Gasteiger partial charge on any atom is 0.324 e. The Morgan fingerprint density at radius 3 is 2.53 bits per heavy atom. The first-order valence-electron chi connectivity index (χ1n) is 29.3. The van der Waals surface area contributed by atoms with Gasteiger partial charge in [0.15, 0.2) is 0 Å². The smallest absolute Gasteiger partial charge is 0.324 e. The number of pyridine rings is 1. The van der Waals surface area contributed by atoms with Crippen LogP contribution in [-0.2, 0) is 57.5 Å². The largest absolute Gasteiger partial charge is 0.464 e. The van der Waals surface area contributed by atoms with Gasteiger partial charge < -0.3 is 48.4 Å². The number of cyclic esters (lactones) is 1. The molecule has 6 atom stereocenters. The number of nitrogens with one attached hydrogen (secondary N) is 2. The zero-order valence-electron chi connectivity index (χ0n) is 49.0. The van der Waals surface area contributed by atoms with Gasteiger partial charge in [-0.1, -0.05) is 64.6 Å². The van der Waals surface area contributed by atoms with Crippen LogP contribution in [0.3, 0.4) is 0 Å². The number of piperazine rings is 1. The molecule has 0 aliphatic carbocycles. The van der Waals surface area contributed by atoms with Gasteiger partial charge in [0.05, 0.1) is 67.4 Å². The molecule has 5 amide bonds. The molecular formula is C62H84N10O9. The summed E-state index contributed by atoms with van der Waals surface area (Å²) in [6.07, 6.45) is 5.32. The minimum atomic E-state index is -1.07. The van der Waals surface area contributed by atoms with E-state index in [1.165, 1.54) is 16.0 Å². The number of hydrogen-bond acceptors (Lipinski definition) is 13. The number of aryl methyl sites for hydroxylation is 1. The Bertz CT molecular complexity index is 3020. The number of hydrogen-bond donors (Lipinski definition) is 2. The Hall–Kier alpha value is -6.38. The highest BCUT2D eigenvalue weighted by Gasteiger charge is 2.48. The lowest BCUT2D eigenvalue weighted by molar-refractivity contribution is -0.155. The number of ether oxygens (including phenoxy) is 4. The third-order valence-corrected chi connectivity index (χ3v) is 17.8. The zero-order chi connectivity index (χ0) is 57.5. The fourth-order valence-corrected chi connectivity index (χ4v) is 13.4. The summed E-state index contributed by atoms with van der Waals surface area (Å²) in [5.74, 6) is -1.84. The van der Waals surface area contributed by atoms with E-state index in [4.69, 9.17) is 23.9 Å². The van der Waals surface area contributed by atoms with Crippen LogP contribution in [0.15, 0.2) is 67.4 Å². The molecule has 1 spiro atoms. The average Bonchev–Trinajstić information content (AvgIpc) is 4.09. The summed E-state index contributed by atoms with van der Waals surface area (Å²) >= 11 is 0. The molecule has 6 aliphatic heterocycles. The standard InChI is InChI=1S/C62H84N10O9/c1-11-53(73)71-37-62(81-41(71)6)20-23-68(24-21-62)60(77)66(9)55(39(3)4)57(74)64-51-30-42-15-13-16-43(29-42)44-18-19-52-47(31-44)49(33-61(7,8)38-80-59(76)50-17-14-22-72(65-50)58(51)75)56(70(52)12-2)48-32-45(34-63-54(48)40(5)78-10)69-26-25-67-27-28-79-36-46(67)35-69/h11,13,15-16,18-19,29,31-32,34,39-41,46,50-51,55,65H,1,12,14,17,20-28,30,33,35-38H2,2-10H3,(H,64,74)/t40-,41+,46-,50-,51-,55-/m0/s1. The first-order valence-corrected chi connectivity index (χ1v) is 29.3. The van der Waals surface area contributed by atoms with Crippen molar-refractivity contribution in [2.75, 3.05) is 91.2 Å². The number of aromatic nitrogens is 2. The van der Waals surface area contributed by atoms with Gasteiger partial charge in [-0.25, -0.2) is 10.2 Å². The number of carbonyl (C=O) groups excluding carboxylic acids is 5. The normalized spacial score (nSPS) is 24.1. The van der Waals surface area contributed by atoms with Gasteiger partial charge in [-0.3, -0.25) is 34.1 Å². The molecule has 0 saturated carbocycles. The van der Waals surface area contributed by atoms with Crippen molar-refractivity contribution in [1.29, 1.82) is 0 Å². The highest BCUT2D eigenvalue weighted by molar-refractivity contribution is 5.96. The highest BCUT2D eigenvalue weighted by Crippen LogP contribution is 2.44. The molecule has 6 bridgehead atoms. The summed E-state index contributed by atoms with van der Waals surface area (Å²) in [6, 6.07) is 14.2. The minimum absolute atomic E-state index is 0.118. The average molecular weight is 1110 g/mol. The maximum atomic E-state index is 15.0. The molecule has 19 nitrogen and oxygen atoms in total. The van der Waals surface area contributed by atoms with Crippen molar-refractivity contribution >= 4 is 46.3 Å². The van der Waals surface area contributed by atoms with E-state index in [0.29, 0.717) is 77.5 Å². The Labute approximate surface area is 477 Å². The molecule has 0 unspecified atom stereocenters. The Balaban J connectivity index is 0.985. The molecule has 5 fully saturated rings. The van der Waals surface area contributed by atoms with Gasteiger partial charge in [0, 0.05) is 94.8 Å². The number of rotatable bonds is 10. The van der Waals surface area contributed by atoms with Gasteiger partial charge in [0.25, 0.3) is 5.91 Å². The quantitative estimate of drug-likeness (QED) is 0.129. The number of methoxy groups -OCH3 is 1. The number of likely N-dealkylation sites (N-methyl/N-ethyl adjacent to an activating group) is 1. The SMILES string of the molecule is C=CC(=O)N1CC2(CCN(C(=O)N(C)[C@H](C(=O)N[C@H]3Cc4cccc(c4)-c4ccc5c(c4)c(c(-c4cc(N6CCN7CCOC[C@@H]7C6)cnc4[C@H](C)OC)n5CC)CC(C)(C)COC(=O)[C@@H]4CCCN(N4)C3=O)C(C)C)CC2)O[C@@H]1C. The lowest BCUT2D eigenvalue weighted by atomic mass is 9.84. The van der Waals surface area contributed by atoms with Gasteiger partial charge in [0.2, 0.25) is 11.8 Å². The number of urea groups is 1. The number of morpholine rings is 1. The molecule has 6 aliphatic rings. The topological polar surface area (TPSA) is 184 Å². The molecular weight excluding hydrogens is 1030 g/mol. The Kier molecular flexibility index (Phi) is 17.0. The fourth-order valence-electron chi connectivity index (χ4n) is 13.4. The summed E-state index contributed by atoms with van der Waals surface area (Å²) in [4.78, 5) is 86.0. The molecule has 0 radical (unpaired) electrons. The van der Waals surface area contributed by atoms with Crippen molar-refractivity contribution in [2.45, 2.75) is 136 Å². The van der Waals surface area contributed by atoms with E-state index in [1.54, 1.807) is 24.0 Å². The molecule has 2 aromatic heterocycles. The molecule has 10 rings (SSSR count). The number of fused-ring (bicyclic) bond motifs is 7. The second-order valence-corrected chi connectivity index (χ2v) is 24.4. The predicted molar refractivity (Wildman–Crippen MR) is 310 cm³/mol. The van der Waals surface area contributed by atoms with Crippen LogP contribution in [0.5, 0.6) is 0 Å². The van der Waals surface area contributed by atoms with Crippen LogP contribution in [0.25, 0.3) is 33.3 Å². The lowest BCUT2D eigenvalue weighted by Crippen LogP contribution is -2.62. The summed E-state index contributed by atoms with van der Waals surface area (Å²) in [6.45, 7) is 25.1. The molecule has 81 heavy (non-hydrogen) atoms. The summed E-state index contributed by atoms with van der Waals surface area (Å²) in [5, 5.41) is 5.65. The first-order chi connectivity index (χ1) is 38.8. The number of anilines is 1. The van der Waals surface area contributed by atoms with Crippen molar-refractivity contribution in [1.82, 2.24) is 44.9 Å². The van der Waals surface area contributed by atoms with Crippen molar-refractivity contribution in [3.05, 3.63) is 84.2 Å². The van der Waals surface area contributed by atoms with Crippen LogP contribution in [0.1, 0.15) is 97.1 Å². The number of esters is 1. The van der Waals surface area contributed by atoms with Crippen LogP contribution in [0.4, 0.5) is 10.5 Å². The zero-order valence-corrected chi connectivity index (χ0v) is 49.0. The Morgan fingerprint density at radius 2 is 1.79 bits per heavy atom. The maximum absolute atomic E-state index is 15.0. The number of piperidine rings is 1. The minimum Gasteiger partial charge on any atom is -0.464 e. The van der Waals surface area contributed by atoms with Crippen LogP contribution >= 0.6 is 0 Å². The molecule has 2 aromatic carbocycles. The number of nitrogens with zero attached hydrogens (tertiary/aromatic N) is 8. The van der Waals surface area contributed by atoms with Crippen molar-refractivity contribution in [2.24, 2.45) is 11.3 Å². The van der Waals surface area contributed by atoms with Gasteiger partial charge in [0.1, 0.15) is 24.4 Å². The van der Waals surface area contributed by atoms with E-state index in [2.05, 4.69) is 88.9 Å². The van der Waals surface area contributed by atoms with Crippen LogP contribution < -0.4 is 15.6 Å². The second-order valence-electron chi connectivity index (χ2n) is 24.4. The monoisotopic (exact) mass is 1110 g/mol. The molecule has 5 saturated heterocycles. The molecule has 2 N–H and O–H groups in total. The van der Waals surface area contributed by atoms with Crippen LogP contribution in [0, 0.1) is 11.3 Å². The van der Waals surface area contributed by atoms with Crippen LogP contribution in [-0.4, -0.2) is 186 Å². The summed E-state index contributed by atoms with van der Waals surface area (Å²) < 4.78 is 27.0. The van der Waals surface area contributed by atoms with E-state index in [0.717, 1.165) is 88.6 Å². The Morgan fingerprint density at radius 1 is 1.01 bits per heavy atom. The first kappa shape index (κ1) is 57.8. The predicted octanol–water partition coefficient (Wildman–Crippen LogP) is 6.57. The second kappa shape index (κ2) is 23.8. The van der Waals surface area contributed by atoms with E-state index >= 15 is 0 Å². The molecule has 19 heteroatoms. The number of benzene rings is 2.